The normalized spacial score (nSPS) is 11.2. The summed E-state index contributed by atoms with van der Waals surface area (Å²) >= 11 is 0. The number of sulfonamides is 1. The maximum Gasteiger partial charge on any atom is 0.268 e. The third-order valence-corrected chi connectivity index (χ3v) is 7.54. The molecule has 0 bridgehead atoms. The minimum Gasteiger partial charge on any atom is -0.495 e. The number of hydrogen-bond donors (Lipinski definition) is 1. The van der Waals surface area contributed by atoms with E-state index in [0.29, 0.717) is 11.4 Å². The highest BCUT2D eigenvalue weighted by molar-refractivity contribution is 7.93. The number of amides is 1. The molecule has 0 saturated heterocycles. The van der Waals surface area contributed by atoms with Crippen LogP contribution in [-0.2, 0) is 14.8 Å². The zero-order valence-corrected chi connectivity index (χ0v) is 20.7. The monoisotopic (exact) mass is 466 g/mol. The van der Waals surface area contributed by atoms with Crippen LogP contribution in [0, 0.1) is 34.6 Å². The van der Waals surface area contributed by atoms with Gasteiger partial charge in [-0.2, -0.15) is 0 Å². The highest BCUT2D eigenvalue weighted by Gasteiger charge is 2.30. The summed E-state index contributed by atoms with van der Waals surface area (Å²) < 4.78 is 34.1. The lowest BCUT2D eigenvalue weighted by molar-refractivity contribution is -0.114. The molecular formula is C26H30N2O4S. The fraction of sp³-hybridized carbons (Fsp3) is 0.269. The van der Waals surface area contributed by atoms with Crippen LogP contribution in [0.15, 0.2) is 59.5 Å². The van der Waals surface area contributed by atoms with Crippen molar-refractivity contribution in [3.63, 3.8) is 0 Å². The Morgan fingerprint density at radius 2 is 1.48 bits per heavy atom. The number of nitrogens with zero attached hydrogens (tertiary/aromatic N) is 1. The largest absolute Gasteiger partial charge is 0.495 e. The van der Waals surface area contributed by atoms with Crippen molar-refractivity contribution in [2.45, 2.75) is 39.5 Å². The molecule has 0 aliphatic rings. The summed E-state index contributed by atoms with van der Waals surface area (Å²) in [6, 6.07) is 15.9. The van der Waals surface area contributed by atoms with E-state index in [2.05, 4.69) is 5.32 Å². The van der Waals surface area contributed by atoms with Crippen LogP contribution in [0.2, 0.25) is 0 Å². The summed E-state index contributed by atoms with van der Waals surface area (Å²) in [7, 11) is -2.68. The molecule has 0 unspecified atom stereocenters. The van der Waals surface area contributed by atoms with Gasteiger partial charge < -0.3 is 10.1 Å². The number of methoxy groups -OCH3 is 1. The van der Waals surface area contributed by atoms with Crippen molar-refractivity contribution >= 4 is 27.3 Å². The Labute approximate surface area is 196 Å². The zero-order chi connectivity index (χ0) is 24.3. The molecule has 1 N–H and O–H groups in total. The number of ether oxygens (including phenoxy) is 1. The standard InChI is InChI=1S/C26H30N2O4S/c1-17-7-12-24(32-6)25(13-17)33(30,31)28(23-11-9-19(3)21(5)15-23)16-26(29)27-22-10-8-18(2)20(4)14-22/h7-15H,16H2,1-6H3,(H,27,29). The number of anilines is 2. The Kier molecular flexibility index (Phi) is 7.12. The van der Waals surface area contributed by atoms with Gasteiger partial charge in [-0.1, -0.05) is 18.2 Å². The molecule has 6 nitrogen and oxygen atoms in total. The van der Waals surface area contributed by atoms with Crippen LogP contribution in [0.25, 0.3) is 0 Å². The summed E-state index contributed by atoms with van der Waals surface area (Å²) in [5, 5.41) is 2.82. The van der Waals surface area contributed by atoms with Crippen LogP contribution in [-0.4, -0.2) is 28.0 Å². The lowest BCUT2D eigenvalue weighted by atomic mass is 10.1. The van der Waals surface area contributed by atoms with Gasteiger partial charge in [0.1, 0.15) is 17.2 Å². The van der Waals surface area contributed by atoms with E-state index in [1.807, 2.05) is 52.8 Å². The average molecular weight is 467 g/mol. The molecular weight excluding hydrogens is 436 g/mol. The molecule has 1 amide bonds. The summed E-state index contributed by atoms with van der Waals surface area (Å²) in [6.45, 7) is 9.24. The molecule has 0 atom stereocenters. The first-order valence-corrected chi connectivity index (χ1v) is 12.1. The van der Waals surface area contributed by atoms with Crippen molar-refractivity contribution in [3.8, 4) is 5.75 Å². The maximum atomic E-state index is 13.8. The van der Waals surface area contributed by atoms with Gasteiger partial charge in [0, 0.05) is 5.69 Å². The maximum absolute atomic E-state index is 13.8. The topological polar surface area (TPSA) is 75.7 Å². The zero-order valence-electron chi connectivity index (χ0n) is 19.9. The van der Waals surface area contributed by atoms with E-state index in [4.69, 9.17) is 4.74 Å². The number of carbonyl (C=O) groups is 1. The molecule has 0 aliphatic heterocycles. The van der Waals surface area contributed by atoms with Crippen LogP contribution in [0.1, 0.15) is 27.8 Å². The molecule has 0 fully saturated rings. The van der Waals surface area contributed by atoms with Crippen molar-refractivity contribution in [2.24, 2.45) is 0 Å². The molecule has 3 aromatic carbocycles. The van der Waals surface area contributed by atoms with E-state index in [1.165, 1.54) is 7.11 Å². The molecule has 3 rings (SSSR count). The number of carbonyl (C=O) groups excluding carboxylic acids is 1. The average Bonchev–Trinajstić information content (AvgIpc) is 2.76. The highest BCUT2D eigenvalue weighted by atomic mass is 32.2. The van der Waals surface area contributed by atoms with Gasteiger partial charge in [-0.25, -0.2) is 8.42 Å². The first-order chi connectivity index (χ1) is 15.5. The van der Waals surface area contributed by atoms with Gasteiger partial charge in [0.25, 0.3) is 10.0 Å². The van der Waals surface area contributed by atoms with Gasteiger partial charge in [-0.05, 0) is 98.8 Å². The molecule has 0 spiro atoms. The minimum atomic E-state index is -4.10. The van der Waals surface area contributed by atoms with E-state index >= 15 is 0 Å². The van der Waals surface area contributed by atoms with Crippen LogP contribution >= 0.6 is 0 Å². The third kappa shape index (κ3) is 5.37. The van der Waals surface area contributed by atoms with Gasteiger partial charge in [0.2, 0.25) is 5.91 Å². The van der Waals surface area contributed by atoms with Gasteiger partial charge in [0.15, 0.2) is 0 Å². The SMILES string of the molecule is COc1ccc(C)cc1S(=O)(=O)N(CC(=O)Nc1ccc(C)c(C)c1)c1ccc(C)c(C)c1. The van der Waals surface area contributed by atoms with Gasteiger partial charge in [0.05, 0.1) is 12.8 Å². The van der Waals surface area contributed by atoms with E-state index < -0.39 is 15.9 Å². The number of hydrogen-bond acceptors (Lipinski definition) is 4. The summed E-state index contributed by atoms with van der Waals surface area (Å²) in [4.78, 5) is 13.0. The third-order valence-electron chi connectivity index (χ3n) is 5.74. The Balaban J connectivity index is 2.04. The Hall–Kier alpha value is -3.32. The highest BCUT2D eigenvalue weighted by Crippen LogP contribution is 2.31. The second-order valence-corrected chi connectivity index (χ2v) is 10.1. The van der Waals surface area contributed by atoms with Crippen LogP contribution in [0.3, 0.4) is 0 Å². The van der Waals surface area contributed by atoms with Crippen molar-refractivity contribution in [1.82, 2.24) is 0 Å². The quantitative estimate of drug-likeness (QED) is 0.527. The molecule has 33 heavy (non-hydrogen) atoms. The second-order valence-electron chi connectivity index (χ2n) is 8.28. The molecule has 0 heterocycles. The number of aryl methyl sites for hydroxylation is 5. The van der Waals surface area contributed by atoms with E-state index in [-0.39, 0.29) is 17.2 Å². The van der Waals surface area contributed by atoms with Crippen LogP contribution in [0.5, 0.6) is 5.75 Å². The second kappa shape index (κ2) is 9.67. The Morgan fingerprint density at radius 3 is 2.09 bits per heavy atom. The smallest absolute Gasteiger partial charge is 0.268 e. The first kappa shape index (κ1) is 24.3. The van der Waals surface area contributed by atoms with Crippen molar-refractivity contribution in [1.29, 1.82) is 0 Å². The molecule has 0 aliphatic carbocycles. The van der Waals surface area contributed by atoms with E-state index in [0.717, 1.165) is 32.1 Å². The van der Waals surface area contributed by atoms with Crippen LogP contribution in [0.4, 0.5) is 11.4 Å². The van der Waals surface area contributed by atoms with Gasteiger partial charge in [-0.3, -0.25) is 9.10 Å². The van der Waals surface area contributed by atoms with Crippen LogP contribution < -0.4 is 14.4 Å². The van der Waals surface area contributed by atoms with Gasteiger partial charge in [-0.15, -0.1) is 0 Å². The van der Waals surface area contributed by atoms with Crippen molar-refractivity contribution in [2.75, 3.05) is 23.3 Å². The molecule has 0 saturated carbocycles. The fourth-order valence-corrected chi connectivity index (χ4v) is 5.11. The minimum absolute atomic E-state index is 0.0159. The predicted molar refractivity (Wildman–Crippen MR) is 133 cm³/mol. The number of benzene rings is 3. The first-order valence-electron chi connectivity index (χ1n) is 10.6. The van der Waals surface area contributed by atoms with Gasteiger partial charge >= 0.3 is 0 Å². The molecule has 0 aromatic heterocycles. The molecule has 174 valence electrons. The molecule has 7 heteroatoms. The summed E-state index contributed by atoms with van der Waals surface area (Å²) in [6.07, 6.45) is 0. The van der Waals surface area contributed by atoms with E-state index in [9.17, 15) is 13.2 Å². The lowest BCUT2D eigenvalue weighted by Gasteiger charge is -2.26. The van der Waals surface area contributed by atoms with E-state index in [1.54, 1.807) is 36.4 Å². The van der Waals surface area contributed by atoms with Crippen molar-refractivity contribution in [3.05, 3.63) is 82.4 Å². The summed E-state index contributed by atoms with van der Waals surface area (Å²) in [5.41, 5.74) is 5.91. The Bertz CT molecular complexity index is 1300. The fourth-order valence-electron chi connectivity index (χ4n) is 3.45. The van der Waals surface area contributed by atoms with Crippen molar-refractivity contribution < 1.29 is 17.9 Å². The lowest BCUT2D eigenvalue weighted by Crippen LogP contribution is -2.38. The molecule has 0 radical (unpaired) electrons. The Morgan fingerprint density at radius 1 is 0.848 bits per heavy atom. The number of nitrogens with one attached hydrogen (secondary N) is 1. The summed E-state index contributed by atoms with van der Waals surface area (Å²) in [5.74, 6) is -0.212. The predicted octanol–water partition coefficient (Wildman–Crippen LogP) is 5.07. The molecule has 3 aromatic rings. The number of rotatable bonds is 7.